The molecule has 4 rings (SSSR count). The molecule has 2 fully saturated rings. The van der Waals surface area contributed by atoms with Gasteiger partial charge in [0.25, 0.3) is 11.7 Å². The van der Waals surface area contributed by atoms with E-state index in [1.807, 2.05) is 37.3 Å². The van der Waals surface area contributed by atoms with E-state index in [-0.39, 0.29) is 11.3 Å². The van der Waals surface area contributed by atoms with E-state index in [4.69, 9.17) is 14.2 Å². The molecule has 0 radical (unpaired) electrons. The molecule has 1 N–H and O–H groups in total. The number of likely N-dealkylation sites (tertiary alicyclic amines) is 1. The van der Waals surface area contributed by atoms with Crippen LogP contribution in [0.5, 0.6) is 11.5 Å². The monoisotopic (exact) mass is 536 g/mol. The second kappa shape index (κ2) is 13.6. The fourth-order valence-electron chi connectivity index (χ4n) is 5.12. The number of unbranched alkanes of at least 4 members (excludes halogenated alkanes) is 2. The predicted octanol–water partition coefficient (Wildman–Crippen LogP) is 4.72. The minimum Gasteiger partial charge on any atom is -0.507 e. The average Bonchev–Trinajstić information content (AvgIpc) is 3.21. The van der Waals surface area contributed by atoms with Crippen LogP contribution in [0.4, 0.5) is 0 Å². The molecule has 0 aliphatic carbocycles. The van der Waals surface area contributed by atoms with Crippen molar-refractivity contribution in [2.45, 2.75) is 45.6 Å². The van der Waals surface area contributed by atoms with Gasteiger partial charge < -0.3 is 24.2 Å². The normalized spacial score (nSPS) is 19.5. The minimum absolute atomic E-state index is 0.0916. The van der Waals surface area contributed by atoms with Gasteiger partial charge >= 0.3 is 0 Å². The standard InChI is InChI=1S/C31H40N2O6/c1-4-5-6-18-39-25-13-12-24(21-26(25)37-3)28-27(29(34)23-10-8-22(2)9-11-23)30(35)31(36)33(28)15-7-14-32-16-19-38-20-17-32/h8-13,21,28,34H,4-7,14-20H2,1-3H3/b29-27+. The first kappa shape index (κ1) is 28.6. The van der Waals surface area contributed by atoms with E-state index in [9.17, 15) is 14.7 Å². The quantitative estimate of drug-likeness (QED) is 0.182. The number of aliphatic hydroxyl groups is 1. The van der Waals surface area contributed by atoms with Gasteiger partial charge in [-0.2, -0.15) is 0 Å². The van der Waals surface area contributed by atoms with Crippen molar-refractivity contribution >= 4 is 17.4 Å². The van der Waals surface area contributed by atoms with Gasteiger partial charge in [0.2, 0.25) is 0 Å². The Balaban J connectivity index is 1.67. The summed E-state index contributed by atoms with van der Waals surface area (Å²) in [5, 5.41) is 11.3. The maximum atomic E-state index is 13.4. The lowest BCUT2D eigenvalue weighted by Gasteiger charge is -2.29. The first-order chi connectivity index (χ1) is 18.9. The van der Waals surface area contributed by atoms with Crippen molar-refractivity contribution in [2.75, 3.05) is 53.1 Å². The van der Waals surface area contributed by atoms with Gasteiger partial charge in [-0.05, 0) is 37.5 Å². The number of carbonyl (C=O) groups excluding carboxylic acids is 2. The number of aliphatic hydroxyl groups excluding tert-OH is 1. The first-order valence-corrected chi connectivity index (χ1v) is 13.9. The number of morpholine rings is 1. The maximum Gasteiger partial charge on any atom is 0.295 e. The number of rotatable bonds is 12. The van der Waals surface area contributed by atoms with Crippen LogP contribution < -0.4 is 9.47 Å². The number of hydrogen-bond donors (Lipinski definition) is 1. The molecule has 1 amide bonds. The van der Waals surface area contributed by atoms with Crippen LogP contribution in [0.1, 0.15) is 55.3 Å². The summed E-state index contributed by atoms with van der Waals surface area (Å²) in [6.45, 7) is 8.97. The summed E-state index contributed by atoms with van der Waals surface area (Å²) in [6.07, 6.45) is 3.83. The van der Waals surface area contributed by atoms with Crippen LogP contribution in [0.2, 0.25) is 0 Å². The predicted molar refractivity (Wildman–Crippen MR) is 150 cm³/mol. The van der Waals surface area contributed by atoms with Crippen LogP contribution in [0.15, 0.2) is 48.0 Å². The molecule has 2 aliphatic rings. The SMILES string of the molecule is CCCCCOc1ccc(C2/C(=C(\O)c3ccc(C)cc3)C(=O)C(=O)N2CCCN2CCOCC2)cc1OC. The molecular weight excluding hydrogens is 496 g/mol. The minimum atomic E-state index is -0.737. The third kappa shape index (κ3) is 6.81. The molecular formula is C31H40N2O6. The van der Waals surface area contributed by atoms with Gasteiger partial charge in [-0.15, -0.1) is 0 Å². The molecule has 2 aliphatic heterocycles. The van der Waals surface area contributed by atoms with Crippen LogP contribution in [0.25, 0.3) is 5.76 Å². The lowest BCUT2D eigenvalue weighted by Crippen LogP contribution is -2.39. The average molecular weight is 537 g/mol. The molecule has 2 aromatic rings. The number of ketones is 1. The highest BCUT2D eigenvalue weighted by atomic mass is 16.5. The number of carbonyl (C=O) groups is 2. The number of nitrogens with zero attached hydrogens (tertiary/aromatic N) is 2. The number of benzene rings is 2. The summed E-state index contributed by atoms with van der Waals surface area (Å²) < 4.78 is 17.0. The summed E-state index contributed by atoms with van der Waals surface area (Å²) >= 11 is 0. The molecule has 8 nitrogen and oxygen atoms in total. The second-order valence-electron chi connectivity index (χ2n) is 10.1. The van der Waals surface area contributed by atoms with Crippen molar-refractivity contribution in [3.8, 4) is 11.5 Å². The number of aryl methyl sites for hydroxylation is 1. The van der Waals surface area contributed by atoms with Crippen LogP contribution in [-0.2, 0) is 14.3 Å². The first-order valence-electron chi connectivity index (χ1n) is 13.9. The van der Waals surface area contributed by atoms with Gasteiger partial charge in [0.15, 0.2) is 11.5 Å². The zero-order valence-corrected chi connectivity index (χ0v) is 23.3. The van der Waals surface area contributed by atoms with E-state index in [0.29, 0.717) is 55.4 Å². The van der Waals surface area contributed by atoms with Crippen molar-refractivity contribution in [3.63, 3.8) is 0 Å². The molecule has 0 saturated carbocycles. The van der Waals surface area contributed by atoms with Crippen LogP contribution in [0.3, 0.4) is 0 Å². The highest BCUT2D eigenvalue weighted by Crippen LogP contribution is 2.42. The van der Waals surface area contributed by atoms with Crippen molar-refractivity contribution in [1.82, 2.24) is 9.80 Å². The van der Waals surface area contributed by atoms with Gasteiger partial charge in [-0.1, -0.05) is 55.7 Å². The van der Waals surface area contributed by atoms with Gasteiger partial charge in [0.05, 0.1) is 38.5 Å². The summed E-state index contributed by atoms with van der Waals surface area (Å²) in [5.74, 6) is -0.316. The van der Waals surface area contributed by atoms with Gasteiger partial charge in [-0.25, -0.2) is 0 Å². The van der Waals surface area contributed by atoms with Crippen molar-refractivity contribution < 1.29 is 28.9 Å². The molecule has 0 spiro atoms. The highest BCUT2D eigenvalue weighted by Gasteiger charge is 2.46. The highest BCUT2D eigenvalue weighted by molar-refractivity contribution is 6.46. The molecule has 8 heteroatoms. The van der Waals surface area contributed by atoms with Crippen molar-refractivity contribution in [3.05, 3.63) is 64.7 Å². The maximum absolute atomic E-state index is 13.4. The Morgan fingerprint density at radius 3 is 2.44 bits per heavy atom. The fraction of sp³-hybridized carbons (Fsp3) is 0.484. The Bertz CT molecular complexity index is 1170. The molecule has 0 bridgehead atoms. The summed E-state index contributed by atoms with van der Waals surface area (Å²) in [5.41, 5.74) is 2.31. The molecule has 2 aromatic carbocycles. The Labute approximate surface area is 231 Å². The van der Waals surface area contributed by atoms with Gasteiger partial charge in [-0.3, -0.25) is 14.5 Å². The fourth-order valence-corrected chi connectivity index (χ4v) is 5.12. The molecule has 210 valence electrons. The lowest BCUT2D eigenvalue weighted by molar-refractivity contribution is -0.140. The smallest absolute Gasteiger partial charge is 0.295 e. The van der Waals surface area contributed by atoms with E-state index in [1.54, 1.807) is 24.1 Å². The van der Waals surface area contributed by atoms with Crippen LogP contribution in [-0.4, -0.2) is 79.7 Å². The Morgan fingerprint density at radius 1 is 1.00 bits per heavy atom. The molecule has 1 unspecified atom stereocenters. The number of Topliss-reactive ketones (excluding diaryl/α,β-unsaturated/α-hetero) is 1. The van der Waals surface area contributed by atoms with Crippen molar-refractivity contribution in [2.24, 2.45) is 0 Å². The summed E-state index contributed by atoms with van der Waals surface area (Å²) in [6, 6.07) is 12.0. The Hall–Kier alpha value is -3.36. The number of amides is 1. The lowest BCUT2D eigenvalue weighted by atomic mass is 9.94. The Kier molecular flexibility index (Phi) is 10.0. The van der Waals surface area contributed by atoms with E-state index < -0.39 is 17.7 Å². The number of ether oxygens (including phenoxy) is 3. The zero-order chi connectivity index (χ0) is 27.8. The topological polar surface area (TPSA) is 88.5 Å². The molecule has 2 saturated heterocycles. The van der Waals surface area contributed by atoms with E-state index in [0.717, 1.165) is 44.5 Å². The zero-order valence-electron chi connectivity index (χ0n) is 23.3. The third-order valence-electron chi connectivity index (χ3n) is 7.35. The van der Waals surface area contributed by atoms with Gasteiger partial charge in [0, 0.05) is 31.7 Å². The number of methoxy groups -OCH3 is 1. The molecule has 39 heavy (non-hydrogen) atoms. The molecule has 1 atom stereocenters. The summed E-state index contributed by atoms with van der Waals surface area (Å²) in [7, 11) is 1.57. The third-order valence-corrected chi connectivity index (χ3v) is 7.35. The summed E-state index contributed by atoms with van der Waals surface area (Å²) in [4.78, 5) is 30.6. The van der Waals surface area contributed by atoms with Crippen LogP contribution in [0, 0.1) is 6.92 Å². The Morgan fingerprint density at radius 2 is 1.74 bits per heavy atom. The number of hydrogen-bond acceptors (Lipinski definition) is 7. The van der Waals surface area contributed by atoms with E-state index in [1.165, 1.54) is 0 Å². The molecule has 2 heterocycles. The largest absolute Gasteiger partial charge is 0.507 e. The van der Waals surface area contributed by atoms with E-state index in [2.05, 4.69) is 11.8 Å². The van der Waals surface area contributed by atoms with E-state index >= 15 is 0 Å². The van der Waals surface area contributed by atoms with Crippen LogP contribution >= 0.6 is 0 Å². The second-order valence-corrected chi connectivity index (χ2v) is 10.1. The molecule has 0 aromatic heterocycles. The van der Waals surface area contributed by atoms with Crippen molar-refractivity contribution in [1.29, 1.82) is 0 Å². The van der Waals surface area contributed by atoms with Gasteiger partial charge in [0.1, 0.15) is 5.76 Å².